The number of rotatable bonds is 3. The Morgan fingerprint density at radius 3 is 2.45 bits per heavy atom. The summed E-state index contributed by atoms with van der Waals surface area (Å²) in [4.78, 5) is 28.1. The number of aromatic nitrogens is 2. The molecule has 1 aliphatic heterocycles. The number of benzene rings is 1. The van der Waals surface area contributed by atoms with Gasteiger partial charge in [-0.3, -0.25) is 5.32 Å². The molecule has 8 nitrogen and oxygen atoms in total. The van der Waals surface area contributed by atoms with Crippen molar-refractivity contribution in [2.75, 3.05) is 25.5 Å². The summed E-state index contributed by atoms with van der Waals surface area (Å²) in [6, 6.07) is 9.08. The second-order valence-electron chi connectivity index (χ2n) is 8.55. The fourth-order valence-corrected chi connectivity index (χ4v) is 3.33. The number of ether oxygens (including phenoxy) is 1. The van der Waals surface area contributed by atoms with E-state index in [1.165, 1.54) is 12.1 Å². The van der Waals surface area contributed by atoms with Gasteiger partial charge in [0.25, 0.3) is 0 Å². The highest BCUT2D eigenvalue weighted by Crippen LogP contribution is 2.20. The maximum absolute atomic E-state index is 13.4. The Kier molecular flexibility index (Phi) is 6.72. The number of carbonyl (C=O) groups excluding carboxylic acids is 2. The van der Waals surface area contributed by atoms with E-state index in [9.17, 15) is 14.0 Å². The molecule has 0 spiro atoms. The van der Waals surface area contributed by atoms with Crippen LogP contribution in [-0.4, -0.2) is 63.9 Å². The molecule has 3 rings (SSSR count). The first-order valence-electron chi connectivity index (χ1n) is 10.2. The van der Waals surface area contributed by atoms with Crippen molar-refractivity contribution >= 4 is 17.9 Å². The molecule has 166 valence electrons. The van der Waals surface area contributed by atoms with Crippen LogP contribution in [0.3, 0.4) is 0 Å². The first-order chi connectivity index (χ1) is 14.6. The predicted octanol–water partition coefficient (Wildman–Crippen LogP) is 4.15. The number of likely N-dealkylation sites (tertiary alicyclic amines) is 1. The topological polar surface area (TPSA) is 87.7 Å². The van der Waals surface area contributed by atoms with Gasteiger partial charge in [0.1, 0.15) is 11.4 Å². The first-order valence-corrected chi connectivity index (χ1v) is 10.2. The lowest BCUT2D eigenvalue weighted by Gasteiger charge is -2.37. The van der Waals surface area contributed by atoms with Gasteiger partial charge in [-0.1, -0.05) is 12.1 Å². The van der Waals surface area contributed by atoms with Gasteiger partial charge in [0.2, 0.25) is 0 Å². The lowest BCUT2D eigenvalue weighted by molar-refractivity contribution is 0.0174. The van der Waals surface area contributed by atoms with Crippen LogP contribution in [0.15, 0.2) is 36.4 Å². The number of anilines is 1. The van der Waals surface area contributed by atoms with Gasteiger partial charge in [-0.2, -0.15) is 0 Å². The van der Waals surface area contributed by atoms with E-state index in [0.29, 0.717) is 43.0 Å². The van der Waals surface area contributed by atoms with E-state index in [1.807, 2.05) is 20.8 Å². The van der Waals surface area contributed by atoms with Gasteiger partial charge in [-0.05, 0) is 57.9 Å². The van der Waals surface area contributed by atoms with Crippen molar-refractivity contribution in [3.63, 3.8) is 0 Å². The fraction of sp³-hybridized carbons (Fsp3) is 0.455. The van der Waals surface area contributed by atoms with E-state index >= 15 is 0 Å². The van der Waals surface area contributed by atoms with E-state index in [-0.39, 0.29) is 24.0 Å². The molecule has 1 aliphatic rings. The molecular weight excluding hydrogens is 401 g/mol. The third-order valence-corrected chi connectivity index (χ3v) is 5.00. The highest BCUT2D eigenvalue weighted by atomic mass is 19.1. The summed E-state index contributed by atoms with van der Waals surface area (Å²) in [5.74, 6) is -0.0424. The lowest BCUT2D eigenvalue weighted by atomic mass is 10.0. The zero-order chi connectivity index (χ0) is 22.6. The number of halogens is 1. The van der Waals surface area contributed by atoms with Crippen molar-refractivity contribution in [2.45, 2.75) is 45.3 Å². The molecule has 0 unspecified atom stereocenters. The van der Waals surface area contributed by atoms with Crippen molar-refractivity contribution in [2.24, 2.45) is 0 Å². The Morgan fingerprint density at radius 2 is 1.87 bits per heavy atom. The predicted molar refractivity (Wildman–Crippen MR) is 115 cm³/mol. The standard InChI is InChI=1S/C22H28FN5O3/c1-22(2,3)31-21(30)28-12-10-17(11-13-28)27(4)20(29)24-19-9-8-18(25-26-19)15-6-5-7-16(23)14-15/h5-9,14,17H,10-13H2,1-4H3,(H,24,26,29). The number of urea groups is 1. The summed E-state index contributed by atoms with van der Waals surface area (Å²) in [6.45, 7) is 6.56. The van der Waals surface area contributed by atoms with E-state index in [1.54, 1.807) is 41.1 Å². The quantitative estimate of drug-likeness (QED) is 0.792. The van der Waals surface area contributed by atoms with E-state index in [0.717, 1.165) is 0 Å². The minimum absolute atomic E-state index is 0.00165. The van der Waals surface area contributed by atoms with Crippen molar-refractivity contribution in [3.05, 3.63) is 42.2 Å². The van der Waals surface area contributed by atoms with Gasteiger partial charge in [0.05, 0.1) is 5.69 Å². The van der Waals surface area contributed by atoms with Gasteiger partial charge in [-0.15, -0.1) is 10.2 Å². The molecule has 1 aromatic heterocycles. The average Bonchev–Trinajstić information content (AvgIpc) is 2.72. The first kappa shape index (κ1) is 22.5. The smallest absolute Gasteiger partial charge is 0.410 e. The molecule has 2 heterocycles. The van der Waals surface area contributed by atoms with Crippen LogP contribution in [0, 0.1) is 5.82 Å². The summed E-state index contributed by atoms with van der Waals surface area (Å²) in [7, 11) is 1.72. The molecule has 1 saturated heterocycles. The maximum Gasteiger partial charge on any atom is 0.410 e. The number of amides is 3. The molecule has 31 heavy (non-hydrogen) atoms. The van der Waals surface area contributed by atoms with Gasteiger partial charge in [0, 0.05) is 31.7 Å². The Morgan fingerprint density at radius 1 is 1.16 bits per heavy atom. The molecule has 1 N–H and O–H groups in total. The number of hydrogen-bond acceptors (Lipinski definition) is 5. The zero-order valence-electron chi connectivity index (χ0n) is 18.3. The Labute approximate surface area is 181 Å². The van der Waals surface area contributed by atoms with Gasteiger partial charge < -0.3 is 14.5 Å². The Bertz CT molecular complexity index is 921. The molecule has 3 amide bonds. The number of piperidine rings is 1. The monoisotopic (exact) mass is 429 g/mol. The van der Waals surface area contributed by atoms with Crippen LogP contribution in [0.25, 0.3) is 11.3 Å². The molecule has 0 aliphatic carbocycles. The van der Waals surface area contributed by atoms with Gasteiger partial charge in [0.15, 0.2) is 5.82 Å². The van der Waals surface area contributed by atoms with Gasteiger partial charge >= 0.3 is 12.1 Å². The molecule has 0 bridgehead atoms. The van der Waals surface area contributed by atoms with Crippen LogP contribution < -0.4 is 5.32 Å². The summed E-state index contributed by atoms with van der Waals surface area (Å²) < 4.78 is 18.8. The molecule has 1 aromatic carbocycles. The Hall–Kier alpha value is -3.23. The normalized spacial score (nSPS) is 14.8. The molecule has 9 heteroatoms. The SMILES string of the molecule is CN(C(=O)Nc1ccc(-c2cccc(F)c2)nn1)C1CCN(C(=O)OC(C)(C)C)CC1. The van der Waals surface area contributed by atoms with Crippen LogP contribution in [0.1, 0.15) is 33.6 Å². The van der Waals surface area contributed by atoms with E-state index < -0.39 is 5.60 Å². The highest BCUT2D eigenvalue weighted by Gasteiger charge is 2.30. The summed E-state index contributed by atoms with van der Waals surface area (Å²) in [5.41, 5.74) is 0.593. The molecule has 0 atom stereocenters. The minimum Gasteiger partial charge on any atom is -0.444 e. The molecule has 0 radical (unpaired) electrons. The van der Waals surface area contributed by atoms with Crippen LogP contribution in [0.5, 0.6) is 0 Å². The lowest BCUT2D eigenvalue weighted by Crippen LogP contribution is -2.49. The molecule has 2 aromatic rings. The maximum atomic E-state index is 13.4. The molecule has 1 fully saturated rings. The fourth-order valence-electron chi connectivity index (χ4n) is 3.33. The second kappa shape index (κ2) is 9.28. The van der Waals surface area contributed by atoms with Crippen LogP contribution >= 0.6 is 0 Å². The number of carbonyl (C=O) groups is 2. The minimum atomic E-state index is -0.532. The number of hydrogen-bond donors (Lipinski definition) is 1. The van der Waals surface area contributed by atoms with Gasteiger partial charge in [-0.25, -0.2) is 14.0 Å². The Balaban J connectivity index is 1.52. The molecular formula is C22H28FN5O3. The summed E-state index contributed by atoms with van der Waals surface area (Å²) >= 11 is 0. The van der Waals surface area contributed by atoms with Crippen LogP contribution in [0.4, 0.5) is 19.8 Å². The summed E-state index contributed by atoms with van der Waals surface area (Å²) in [6.07, 6.45) is 0.993. The van der Waals surface area contributed by atoms with E-state index in [4.69, 9.17) is 4.74 Å². The van der Waals surface area contributed by atoms with Crippen molar-refractivity contribution in [3.8, 4) is 11.3 Å². The molecule has 0 saturated carbocycles. The largest absolute Gasteiger partial charge is 0.444 e. The van der Waals surface area contributed by atoms with E-state index in [2.05, 4.69) is 15.5 Å². The third kappa shape index (κ3) is 6.13. The number of nitrogens with zero attached hydrogens (tertiary/aromatic N) is 4. The summed E-state index contributed by atoms with van der Waals surface area (Å²) in [5, 5.41) is 10.8. The van der Waals surface area contributed by atoms with Crippen molar-refractivity contribution < 1.29 is 18.7 Å². The highest BCUT2D eigenvalue weighted by molar-refractivity contribution is 5.88. The third-order valence-electron chi connectivity index (χ3n) is 5.00. The second-order valence-corrected chi connectivity index (χ2v) is 8.55. The average molecular weight is 429 g/mol. The number of nitrogens with one attached hydrogen (secondary N) is 1. The van der Waals surface area contributed by atoms with Crippen LogP contribution in [-0.2, 0) is 4.74 Å². The zero-order valence-corrected chi connectivity index (χ0v) is 18.3. The van der Waals surface area contributed by atoms with Crippen molar-refractivity contribution in [1.82, 2.24) is 20.0 Å². The van der Waals surface area contributed by atoms with Crippen molar-refractivity contribution in [1.29, 1.82) is 0 Å². The van der Waals surface area contributed by atoms with Crippen LogP contribution in [0.2, 0.25) is 0 Å².